The standard InChI is InChI=1S/C17H19FN2O/c1-12(13-5-3-2-4-6-13)9-10-20-14-7-8-16(18)15(11-14)17(19)21/h2-8,11-12,20H,9-10H2,1H3,(H2,19,21). The van der Waals surface area contributed by atoms with Gasteiger partial charge < -0.3 is 11.1 Å². The van der Waals surface area contributed by atoms with Crippen LogP contribution in [0.25, 0.3) is 0 Å². The van der Waals surface area contributed by atoms with Crippen LogP contribution in [0.4, 0.5) is 10.1 Å². The minimum atomic E-state index is -0.756. The number of amides is 1. The van der Waals surface area contributed by atoms with Crippen LogP contribution in [0.3, 0.4) is 0 Å². The molecule has 2 aromatic rings. The van der Waals surface area contributed by atoms with E-state index in [-0.39, 0.29) is 5.56 Å². The Morgan fingerprint density at radius 3 is 2.62 bits per heavy atom. The van der Waals surface area contributed by atoms with Crippen LogP contribution in [0.15, 0.2) is 48.5 Å². The SMILES string of the molecule is CC(CCNc1ccc(F)c(C(N)=O)c1)c1ccccc1. The predicted molar refractivity (Wildman–Crippen MR) is 82.9 cm³/mol. The predicted octanol–water partition coefficient (Wildman–Crippen LogP) is 3.53. The molecule has 0 fully saturated rings. The van der Waals surface area contributed by atoms with Crippen LogP contribution in [0.2, 0.25) is 0 Å². The normalized spacial score (nSPS) is 11.9. The summed E-state index contributed by atoms with van der Waals surface area (Å²) < 4.78 is 13.4. The van der Waals surface area contributed by atoms with Gasteiger partial charge in [-0.1, -0.05) is 37.3 Å². The molecule has 21 heavy (non-hydrogen) atoms. The van der Waals surface area contributed by atoms with Crippen molar-refractivity contribution >= 4 is 11.6 Å². The molecule has 0 heterocycles. The van der Waals surface area contributed by atoms with Gasteiger partial charge in [-0.25, -0.2) is 4.39 Å². The maximum atomic E-state index is 13.4. The summed E-state index contributed by atoms with van der Waals surface area (Å²) in [5.41, 5.74) is 7.03. The molecule has 0 saturated heterocycles. The van der Waals surface area contributed by atoms with E-state index < -0.39 is 11.7 Å². The lowest BCUT2D eigenvalue weighted by molar-refractivity contribution is 0.0996. The summed E-state index contributed by atoms with van der Waals surface area (Å²) in [6, 6.07) is 14.6. The third-order valence-electron chi connectivity index (χ3n) is 3.51. The Labute approximate surface area is 124 Å². The van der Waals surface area contributed by atoms with Gasteiger partial charge in [-0.15, -0.1) is 0 Å². The Balaban J connectivity index is 1.92. The fourth-order valence-corrected chi connectivity index (χ4v) is 2.21. The first kappa shape index (κ1) is 15.0. The van der Waals surface area contributed by atoms with Gasteiger partial charge in [0.05, 0.1) is 5.56 Å². The molecule has 110 valence electrons. The molecule has 1 amide bonds. The number of carbonyl (C=O) groups excluding carboxylic acids is 1. The molecule has 0 saturated carbocycles. The van der Waals surface area contributed by atoms with E-state index in [4.69, 9.17) is 5.73 Å². The fourth-order valence-electron chi connectivity index (χ4n) is 2.21. The molecule has 0 bridgehead atoms. The van der Waals surface area contributed by atoms with Crippen molar-refractivity contribution in [1.82, 2.24) is 0 Å². The summed E-state index contributed by atoms with van der Waals surface area (Å²) in [5, 5.41) is 3.19. The summed E-state index contributed by atoms with van der Waals surface area (Å²) in [4.78, 5) is 11.1. The molecular weight excluding hydrogens is 267 g/mol. The van der Waals surface area contributed by atoms with Crippen LogP contribution in [0.5, 0.6) is 0 Å². The molecule has 2 rings (SSSR count). The quantitative estimate of drug-likeness (QED) is 0.853. The fraction of sp³-hybridized carbons (Fsp3) is 0.235. The van der Waals surface area contributed by atoms with Crippen molar-refractivity contribution in [3.05, 3.63) is 65.5 Å². The molecule has 0 aliphatic carbocycles. The molecule has 4 heteroatoms. The summed E-state index contributed by atoms with van der Waals surface area (Å²) in [6.45, 7) is 2.90. The van der Waals surface area contributed by atoms with Gasteiger partial charge in [-0.2, -0.15) is 0 Å². The van der Waals surface area contributed by atoms with Crippen molar-refractivity contribution in [3.63, 3.8) is 0 Å². The van der Waals surface area contributed by atoms with Gasteiger partial charge >= 0.3 is 0 Å². The van der Waals surface area contributed by atoms with Gasteiger partial charge in [0.25, 0.3) is 5.91 Å². The Morgan fingerprint density at radius 1 is 1.24 bits per heavy atom. The second kappa shape index (κ2) is 6.88. The first-order valence-corrected chi connectivity index (χ1v) is 6.96. The number of nitrogens with two attached hydrogens (primary N) is 1. The molecule has 0 spiro atoms. The minimum absolute atomic E-state index is 0.0869. The van der Waals surface area contributed by atoms with Gasteiger partial charge in [0.1, 0.15) is 5.82 Å². The minimum Gasteiger partial charge on any atom is -0.385 e. The Hall–Kier alpha value is -2.36. The molecule has 0 aliphatic rings. The first-order valence-electron chi connectivity index (χ1n) is 6.96. The van der Waals surface area contributed by atoms with Gasteiger partial charge in [0.2, 0.25) is 0 Å². The van der Waals surface area contributed by atoms with Gasteiger partial charge in [0, 0.05) is 12.2 Å². The third kappa shape index (κ3) is 4.05. The number of halogens is 1. The van der Waals surface area contributed by atoms with Crippen molar-refractivity contribution in [3.8, 4) is 0 Å². The molecule has 3 N–H and O–H groups in total. The zero-order chi connectivity index (χ0) is 15.2. The van der Waals surface area contributed by atoms with Crippen molar-refractivity contribution in [2.75, 3.05) is 11.9 Å². The van der Waals surface area contributed by atoms with E-state index in [0.29, 0.717) is 11.6 Å². The van der Waals surface area contributed by atoms with Crippen LogP contribution in [-0.2, 0) is 0 Å². The van der Waals surface area contributed by atoms with Crippen LogP contribution >= 0.6 is 0 Å². The van der Waals surface area contributed by atoms with Crippen LogP contribution < -0.4 is 11.1 Å². The lowest BCUT2D eigenvalue weighted by Crippen LogP contribution is -2.14. The number of rotatable bonds is 6. The maximum absolute atomic E-state index is 13.4. The number of hydrogen-bond donors (Lipinski definition) is 2. The van der Waals surface area contributed by atoms with E-state index in [1.807, 2.05) is 18.2 Å². The molecule has 1 unspecified atom stereocenters. The number of anilines is 1. The number of primary amides is 1. The highest BCUT2D eigenvalue weighted by Gasteiger charge is 2.09. The van der Waals surface area contributed by atoms with Crippen molar-refractivity contribution in [2.24, 2.45) is 5.73 Å². The Kier molecular flexibility index (Phi) is 4.93. The highest BCUT2D eigenvalue weighted by molar-refractivity contribution is 5.94. The summed E-state index contributed by atoms with van der Waals surface area (Å²) >= 11 is 0. The zero-order valence-electron chi connectivity index (χ0n) is 12.0. The van der Waals surface area contributed by atoms with Crippen LogP contribution in [-0.4, -0.2) is 12.5 Å². The molecule has 1 atom stereocenters. The number of hydrogen-bond acceptors (Lipinski definition) is 2. The maximum Gasteiger partial charge on any atom is 0.251 e. The van der Waals surface area contributed by atoms with Gasteiger partial charge in [-0.3, -0.25) is 4.79 Å². The van der Waals surface area contributed by atoms with E-state index >= 15 is 0 Å². The molecule has 3 nitrogen and oxygen atoms in total. The number of benzene rings is 2. The van der Waals surface area contributed by atoms with Gasteiger partial charge in [0.15, 0.2) is 0 Å². The highest BCUT2D eigenvalue weighted by atomic mass is 19.1. The summed E-state index contributed by atoms with van der Waals surface area (Å²) in [7, 11) is 0. The van der Waals surface area contributed by atoms with Crippen molar-refractivity contribution in [1.29, 1.82) is 0 Å². The Bertz CT molecular complexity index is 613. The lowest BCUT2D eigenvalue weighted by atomic mass is 9.98. The van der Waals surface area contributed by atoms with Gasteiger partial charge in [-0.05, 0) is 36.1 Å². The van der Waals surface area contributed by atoms with E-state index in [2.05, 4.69) is 24.4 Å². The molecule has 0 aliphatic heterocycles. The largest absolute Gasteiger partial charge is 0.385 e. The smallest absolute Gasteiger partial charge is 0.251 e. The average Bonchev–Trinajstić information content (AvgIpc) is 2.49. The van der Waals surface area contributed by atoms with Crippen LogP contribution in [0, 0.1) is 5.82 Å². The van der Waals surface area contributed by atoms with E-state index in [0.717, 1.165) is 13.0 Å². The summed E-state index contributed by atoms with van der Waals surface area (Å²) in [6.07, 6.45) is 0.938. The van der Waals surface area contributed by atoms with Crippen LogP contribution in [0.1, 0.15) is 35.2 Å². The zero-order valence-corrected chi connectivity index (χ0v) is 12.0. The molecule has 0 aromatic heterocycles. The second-order valence-corrected chi connectivity index (χ2v) is 5.09. The monoisotopic (exact) mass is 286 g/mol. The average molecular weight is 286 g/mol. The van der Waals surface area contributed by atoms with Crippen molar-refractivity contribution < 1.29 is 9.18 Å². The molecule has 2 aromatic carbocycles. The number of nitrogens with one attached hydrogen (secondary N) is 1. The molecular formula is C17H19FN2O. The molecule has 0 radical (unpaired) electrons. The highest BCUT2D eigenvalue weighted by Crippen LogP contribution is 2.19. The third-order valence-corrected chi connectivity index (χ3v) is 3.51. The van der Waals surface area contributed by atoms with Crippen molar-refractivity contribution in [2.45, 2.75) is 19.3 Å². The second-order valence-electron chi connectivity index (χ2n) is 5.09. The van der Waals surface area contributed by atoms with E-state index in [9.17, 15) is 9.18 Å². The summed E-state index contributed by atoms with van der Waals surface area (Å²) in [5.74, 6) is -0.922. The Morgan fingerprint density at radius 2 is 1.95 bits per heavy atom. The first-order chi connectivity index (χ1) is 10.1. The lowest BCUT2D eigenvalue weighted by Gasteiger charge is -2.13. The number of carbonyl (C=O) groups is 1. The topological polar surface area (TPSA) is 55.1 Å². The van der Waals surface area contributed by atoms with E-state index in [1.54, 1.807) is 6.07 Å². The van der Waals surface area contributed by atoms with E-state index in [1.165, 1.54) is 17.7 Å².